The molecule has 26 heavy (non-hydrogen) atoms. The molecule has 0 bridgehead atoms. The number of rotatable bonds is 5. The number of aromatic nitrogens is 3. The van der Waals surface area contributed by atoms with Gasteiger partial charge in [-0.2, -0.15) is 0 Å². The van der Waals surface area contributed by atoms with Crippen LogP contribution in [0.2, 0.25) is 0 Å². The van der Waals surface area contributed by atoms with Crippen LogP contribution < -0.4 is 5.32 Å². The highest BCUT2D eigenvalue weighted by molar-refractivity contribution is 5.96. The zero-order chi connectivity index (χ0) is 18.7. The Hall–Kier alpha value is -2.35. The summed E-state index contributed by atoms with van der Waals surface area (Å²) in [5.41, 5.74) is 2.30. The molecule has 0 aliphatic carbocycles. The van der Waals surface area contributed by atoms with Crippen LogP contribution in [0.4, 0.5) is 8.78 Å². The molecule has 2 aromatic heterocycles. The number of nitrogens with one attached hydrogen (secondary N) is 1. The van der Waals surface area contributed by atoms with Gasteiger partial charge in [-0.15, -0.1) is 0 Å². The van der Waals surface area contributed by atoms with E-state index in [9.17, 15) is 13.6 Å². The summed E-state index contributed by atoms with van der Waals surface area (Å²) in [7, 11) is 0. The molecule has 0 radical (unpaired) electrons. The predicted octanol–water partition coefficient (Wildman–Crippen LogP) is 2.34. The zero-order valence-corrected chi connectivity index (χ0v) is 15.0. The summed E-state index contributed by atoms with van der Waals surface area (Å²) in [5.74, 6) is 0.530. The van der Waals surface area contributed by atoms with E-state index < -0.39 is 6.43 Å². The van der Waals surface area contributed by atoms with Crippen molar-refractivity contribution in [3.05, 3.63) is 41.6 Å². The van der Waals surface area contributed by atoms with Gasteiger partial charge < -0.3 is 9.88 Å². The third-order valence-electron chi connectivity index (χ3n) is 4.77. The molecule has 8 heteroatoms. The average molecular weight is 363 g/mol. The standard InChI is InChI=1S/C18H23F2N5O/c1-12-9-15(13(2)25(12)17-10-21-5-6-22-17)18(26)23-14-3-7-24(8-4-14)11-16(19)20/h5-6,9-10,14,16H,3-4,7-8,11H2,1-2H3,(H,23,26). The minimum atomic E-state index is -2.31. The topological polar surface area (TPSA) is 63.1 Å². The lowest BCUT2D eigenvalue weighted by atomic mass is 10.0. The number of hydrogen-bond donors (Lipinski definition) is 1. The summed E-state index contributed by atoms with van der Waals surface area (Å²) in [6.07, 6.45) is 3.92. The van der Waals surface area contributed by atoms with Crippen molar-refractivity contribution in [2.45, 2.75) is 39.2 Å². The van der Waals surface area contributed by atoms with Crippen molar-refractivity contribution in [2.75, 3.05) is 19.6 Å². The van der Waals surface area contributed by atoms with E-state index in [2.05, 4.69) is 15.3 Å². The average Bonchev–Trinajstić information content (AvgIpc) is 2.91. The van der Waals surface area contributed by atoms with E-state index in [-0.39, 0.29) is 18.5 Å². The molecule has 1 aliphatic heterocycles. The third kappa shape index (κ3) is 4.07. The molecule has 0 atom stereocenters. The molecule has 0 spiro atoms. The van der Waals surface area contributed by atoms with Gasteiger partial charge in [0.2, 0.25) is 0 Å². The quantitative estimate of drug-likeness (QED) is 0.886. The summed E-state index contributed by atoms with van der Waals surface area (Å²) < 4.78 is 26.8. The van der Waals surface area contributed by atoms with E-state index in [1.54, 1.807) is 23.5 Å². The van der Waals surface area contributed by atoms with Crippen molar-refractivity contribution < 1.29 is 13.6 Å². The zero-order valence-electron chi connectivity index (χ0n) is 15.0. The van der Waals surface area contributed by atoms with Gasteiger partial charge in [0.15, 0.2) is 5.82 Å². The normalized spacial score (nSPS) is 16.2. The molecule has 1 amide bonds. The second-order valence-corrected chi connectivity index (χ2v) is 6.62. The van der Waals surface area contributed by atoms with Gasteiger partial charge >= 0.3 is 0 Å². The van der Waals surface area contributed by atoms with Crippen LogP contribution in [0.25, 0.3) is 5.82 Å². The fraction of sp³-hybridized carbons (Fsp3) is 0.500. The Morgan fingerprint density at radius 1 is 1.31 bits per heavy atom. The summed E-state index contributed by atoms with van der Waals surface area (Å²) in [4.78, 5) is 22.8. The first-order valence-electron chi connectivity index (χ1n) is 8.72. The van der Waals surface area contributed by atoms with Crippen LogP contribution in [-0.4, -0.2) is 57.4 Å². The Morgan fingerprint density at radius 3 is 2.65 bits per heavy atom. The van der Waals surface area contributed by atoms with E-state index >= 15 is 0 Å². The molecule has 0 unspecified atom stereocenters. The Bertz CT molecular complexity index is 754. The van der Waals surface area contributed by atoms with E-state index in [1.165, 1.54) is 0 Å². The van der Waals surface area contributed by atoms with Crippen LogP contribution in [0.3, 0.4) is 0 Å². The predicted molar refractivity (Wildman–Crippen MR) is 93.8 cm³/mol. The van der Waals surface area contributed by atoms with Crippen molar-refractivity contribution in [3.63, 3.8) is 0 Å². The molecule has 0 saturated carbocycles. The molecule has 140 valence electrons. The first-order valence-corrected chi connectivity index (χ1v) is 8.72. The lowest BCUT2D eigenvalue weighted by Crippen LogP contribution is -2.45. The molecular formula is C18H23F2N5O. The highest BCUT2D eigenvalue weighted by atomic mass is 19.3. The number of carbonyl (C=O) groups is 1. The summed E-state index contributed by atoms with van der Waals surface area (Å²) in [6, 6.07) is 1.85. The number of amides is 1. The number of alkyl halides is 2. The Kier molecular flexibility index (Phi) is 5.61. The van der Waals surface area contributed by atoms with Crippen LogP contribution in [0.15, 0.2) is 24.7 Å². The molecule has 3 heterocycles. The van der Waals surface area contributed by atoms with Crippen LogP contribution in [0.5, 0.6) is 0 Å². The maximum absolute atomic E-state index is 12.7. The van der Waals surface area contributed by atoms with Gasteiger partial charge in [-0.1, -0.05) is 0 Å². The minimum Gasteiger partial charge on any atom is -0.349 e. The van der Waals surface area contributed by atoms with Crippen molar-refractivity contribution in [1.82, 2.24) is 24.8 Å². The Morgan fingerprint density at radius 2 is 2.04 bits per heavy atom. The fourth-order valence-electron chi connectivity index (χ4n) is 3.47. The molecule has 3 rings (SSSR count). The number of halogens is 2. The number of hydrogen-bond acceptors (Lipinski definition) is 4. The van der Waals surface area contributed by atoms with Gasteiger partial charge in [0.1, 0.15) is 0 Å². The molecule has 1 N–H and O–H groups in total. The van der Waals surface area contributed by atoms with Gasteiger partial charge in [-0.25, -0.2) is 13.8 Å². The molecule has 0 aromatic carbocycles. The maximum atomic E-state index is 12.7. The molecule has 1 aliphatic rings. The van der Waals surface area contributed by atoms with Gasteiger partial charge in [-0.3, -0.25) is 14.7 Å². The van der Waals surface area contributed by atoms with Crippen molar-refractivity contribution in [2.24, 2.45) is 0 Å². The molecule has 6 nitrogen and oxygen atoms in total. The smallest absolute Gasteiger partial charge is 0.253 e. The van der Waals surface area contributed by atoms with E-state index in [1.807, 2.05) is 24.5 Å². The Balaban J connectivity index is 1.66. The largest absolute Gasteiger partial charge is 0.349 e. The third-order valence-corrected chi connectivity index (χ3v) is 4.77. The fourth-order valence-corrected chi connectivity index (χ4v) is 3.47. The van der Waals surface area contributed by atoms with Crippen molar-refractivity contribution in [3.8, 4) is 5.82 Å². The first kappa shape index (κ1) is 18.4. The number of aryl methyl sites for hydroxylation is 1. The Labute approximate surface area is 151 Å². The summed E-state index contributed by atoms with van der Waals surface area (Å²) >= 11 is 0. The highest BCUT2D eigenvalue weighted by Crippen LogP contribution is 2.20. The van der Waals surface area contributed by atoms with Gasteiger partial charge in [0.25, 0.3) is 12.3 Å². The summed E-state index contributed by atoms with van der Waals surface area (Å²) in [6.45, 7) is 4.75. The molecule has 1 saturated heterocycles. The highest BCUT2D eigenvalue weighted by Gasteiger charge is 2.24. The van der Waals surface area contributed by atoms with Crippen LogP contribution >= 0.6 is 0 Å². The van der Waals surface area contributed by atoms with E-state index in [0.29, 0.717) is 37.3 Å². The van der Waals surface area contributed by atoms with Gasteiger partial charge in [0.05, 0.1) is 18.3 Å². The number of likely N-dealkylation sites (tertiary alicyclic amines) is 1. The molecule has 1 fully saturated rings. The first-order chi connectivity index (χ1) is 12.5. The van der Waals surface area contributed by atoms with Crippen molar-refractivity contribution in [1.29, 1.82) is 0 Å². The maximum Gasteiger partial charge on any atom is 0.253 e. The second kappa shape index (κ2) is 7.90. The van der Waals surface area contributed by atoms with E-state index in [0.717, 1.165) is 11.4 Å². The molecule has 2 aromatic rings. The van der Waals surface area contributed by atoms with Crippen molar-refractivity contribution >= 4 is 5.91 Å². The second-order valence-electron chi connectivity index (χ2n) is 6.62. The minimum absolute atomic E-state index is 0.0102. The number of piperidine rings is 1. The number of nitrogens with zero attached hydrogens (tertiary/aromatic N) is 4. The van der Waals surface area contributed by atoms with E-state index in [4.69, 9.17) is 0 Å². The number of carbonyl (C=O) groups excluding carboxylic acids is 1. The lowest BCUT2D eigenvalue weighted by molar-refractivity contribution is 0.0696. The molecular weight excluding hydrogens is 340 g/mol. The summed E-state index contributed by atoms with van der Waals surface area (Å²) in [5, 5.41) is 3.04. The van der Waals surface area contributed by atoms with Gasteiger partial charge in [0, 0.05) is 42.9 Å². The monoisotopic (exact) mass is 363 g/mol. The lowest BCUT2D eigenvalue weighted by Gasteiger charge is -2.32. The van der Waals surface area contributed by atoms with Crippen LogP contribution in [0.1, 0.15) is 34.6 Å². The van der Waals surface area contributed by atoms with Crippen LogP contribution in [0, 0.1) is 13.8 Å². The van der Waals surface area contributed by atoms with Gasteiger partial charge in [-0.05, 0) is 32.8 Å². The SMILES string of the molecule is Cc1cc(C(=O)NC2CCN(CC(F)F)CC2)c(C)n1-c1cnccn1. The van der Waals surface area contributed by atoms with Crippen LogP contribution in [-0.2, 0) is 0 Å².